The van der Waals surface area contributed by atoms with Gasteiger partial charge in [-0.05, 0) is 19.9 Å². The zero-order valence-corrected chi connectivity index (χ0v) is 11.4. The van der Waals surface area contributed by atoms with E-state index in [1.54, 1.807) is 6.92 Å². The van der Waals surface area contributed by atoms with Gasteiger partial charge in [-0.25, -0.2) is 0 Å². The Morgan fingerprint density at radius 3 is 2.42 bits per heavy atom. The highest BCUT2D eigenvalue weighted by atomic mass is 35.5. The molecule has 0 aromatic carbocycles. The molecule has 2 aliphatic heterocycles. The van der Waals surface area contributed by atoms with Gasteiger partial charge in [-0.3, -0.25) is 4.79 Å². The SMILES string of the molecule is CC1(C(=O)N2CCC(O)(C(F)(F)F)C2)CCNC1.Cl. The lowest BCUT2D eigenvalue weighted by Gasteiger charge is -2.30. The van der Waals surface area contributed by atoms with Crippen molar-refractivity contribution in [3.8, 4) is 0 Å². The fraction of sp³-hybridized carbons (Fsp3) is 0.909. The van der Waals surface area contributed by atoms with Crippen LogP contribution >= 0.6 is 12.4 Å². The second-order valence-electron chi connectivity index (χ2n) is 5.49. The van der Waals surface area contributed by atoms with E-state index in [2.05, 4.69) is 5.32 Å². The van der Waals surface area contributed by atoms with E-state index in [0.717, 1.165) is 4.90 Å². The highest BCUT2D eigenvalue weighted by molar-refractivity contribution is 5.85. The molecular formula is C11H18ClF3N2O2. The van der Waals surface area contributed by atoms with Gasteiger partial charge in [0.2, 0.25) is 5.91 Å². The van der Waals surface area contributed by atoms with Gasteiger partial charge >= 0.3 is 6.18 Å². The van der Waals surface area contributed by atoms with Gasteiger partial charge in [-0.2, -0.15) is 13.2 Å². The second kappa shape index (κ2) is 5.10. The second-order valence-corrected chi connectivity index (χ2v) is 5.49. The molecule has 2 unspecified atom stereocenters. The van der Waals surface area contributed by atoms with Crippen LogP contribution in [0.4, 0.5) is 13.2 Å². The molecule has 2 N–H and O–H groups in total. The van der Waals surface area contributed by atoms with Crippen molar-refractivity contribution >= 4 is 18.3 Å². The maximum Gasteiger partial charge on any atom is 0.419 e. The van der Waals surface area contributed by atoms with Crippen LogP contribution in [0.25, 0.3) is 0 Å². The lowest BCUT2D eigenvalue weighted by atomic mass is 9.88. The Hall–Kier alpha value is -0.530. The normalized spacial score (nSPS) is 35.3. The molecule has 2 rings (SSSR count). The zero-order chi connectivity index (χ0) is 13.6. The molecule has 2 aliphatic rings. The summed E-state index contributed by atoms with van der Waals surface area (Å²) < 4.78 is 38.0. The number of hydrogen-bond donors (Lipinski definition) is 2. The molecule has 8 heteroatoms. The number of carbonyl (C=O) groups excluding carboxylic acids is 1. The van der Waals surface area contributed by atoms with Crippen LogP contribution in [0, 0.1) is 5.41 Å². The van der Waals surface area contributed by atoms with E-state index in [-0.39, 0.29) is 24.9 Å². The van der Waals surface area contributed by atoms with Crippen molar-refractivity contribution < 1.29 is 23.1 Å². The van der Waals surface area contributed by atoms with E-state index in [0.29, 0.717) is 19.5 Å². The van der Waals surface area contributed by atoms with E-state index >= 15 is 0 Å². The van der Waals surface area contributed by atoms with Crippen LogP contribution in [-0.2, 0) is 4.79 Å². The highest BCUT2D eigenvalue weighted by Crippen LogP contribution is 2.39. The molecule has 0 aromatic heterocycles. The molecule has 112 valence electrons. The zero-order valence-electron chi connectivity index (χ0n) is 10.6. The third kappa shape index (κ3) is 2.83. The standard InChI is InChI=1S/C11H17F3N2O2.ClH/c1-9(2-4-15-6-9)8(17)16-5-3-10(18,7-16)11(12,13)14;/h15,18H,2-7H2,1H3;1H. The fourth-order valence-electron chi connectivity index (χ4n) is 2.58. The Labute approximate surface area is 115 Å². The maximum absolute atomic E-state index is 12.7. The van der Waals surface area contributed by atoms with Crippen LogP contribution < -0.4 is 5.32 Å². The van der Waals surface area contributed by atoms with Crippen molar-refractivity contribution in [2.24, 2.45) is 5.41 Å². The fourth-order valence-corrected chi connectivity index (χ4v) is 2.58. The summed E-state index contributed by atoms with van der Waals surface area (Å²) in [7, 11) is 0. The van der Waals surface area contributed by atoms with E-state index in [1.807, 2.05) is 0 Å². The first-order chi connectivity index (χ1) is 8.18. The van der Waals surface area contributed by atoms with Crippen molar-refractivity contribution in [3.63, 3.8) is 0 Å². The number of nitrogens with one attached hydrogen (secondary N) is 1. The third-order valence-corrected chi connectivity index (χ3v) is 3.95. The summed E-state index contributed by atoms with van der Waals surface area (Å²) in [6.07, 6.45) is -4.50. The van der Waals surface area contributed by atoms with Gasteiger partial charge in [-0.15, -0.1) is 12.4 Å². The van der Waals surface area contributed by atoms with Crippen molar-refractivity contribution in [2.75, 3.05) is 26.2 Å². The summed E-state index contributed by atoms with van der Waals surface area (Å²) >= 11 is 0. The van der Waals surface area contributed by atoms with E-state index < -0.39 is 30.2 Å². The van der Waals surface area contributed by atoms with Gasteiger partial charge in [-0.1, -0.05) is 0 Å². The summed E-state index contributed by atoms with van der Waals surface area (Å²) in [4.78, 5) is 13.3. The lowest BCUT2D eigenvalue weighted by Crippen LogP contribution is -2.50. The van der Waals surface area contributed by atoms with E-state index in [4.69, 9.17) is 0 Å². The van der Waals surface area contributed by atoms with Gasteiger partial charge in [0.1, 0.15) is 0 Å². The van der Waals surface area contributed by atoms with Gasteiger partial charge in [0.15, 0.2) is 5.60 Å². The largest absolute Gasteiger partial charge is 0.419 e. The molecule has 4 nitrogen and oxygen atoms in total. The number of alkyl halides is 3. The smallest absolute Gasteiger partial charge is 0.379 e. The first-order valence-electron chi connectivity index (χ1n) is 5.97. The average Bonchev–Trinajstić information content (AvgIpc) is 2.85. The molecule has 19 heavy (non-hydrogen) atoms. The van der Waals surface area contributed by atoms with E-state index in [1.165, 1.54) is 0 Å². The monoisotopic (exact) mass is 302 g/mol. The Balaban J connectivity index is 0.00000180. The van der Waals surface area contributed by atoms with Gasteiger partial charge in [0, 0.05) is 19.5 Å². The minimum Gasteiger partial charge on any atom is -0.379 e. The van der Waals surface area contributed by atoms with Crippen LogP contribution in [0.3, 0.4) is 0 Å². The first-order valence-corrected chi connectivity index (χ1v) is 5.97. The summed E-state index contributed by atoms with van der Waals surface area (Å²) in [5.41, 5.74) is -3.39. The summed E-state index contributed by atoms with van der Waals surface area (Å²) in [6, 6.07) is 0. The third-order valence-electron chi connectivity index (χ3n) is 3.95. The number of hydrogen-bond acceptors (Lipinski definition) is 3. The minimum atomic E-state index is -4.68. The first kappa shape index (κ1) is 16.5. The van der Waals surface area contributed by atoms with Crippen LogP contribution in [0.1, 0.15) is 19.8 Å². The number of aliphatic hydroxyl groups is 1. The van der Waals surface area contributed by atoms with Gasteiger partial charge in [0.05, 0.1) is 12.0 Å². The van der Waals surface area contributed by atoms with Crippen molar-refractivity contribution in [1.29, 1.82) is 0 Å². The number of halogens is 4. The molecule has 2 atom stereocenters. The van der Waals surface area contributed by atoms with Crippen LogP contribution in [0.2, 0.25) is 0 Å². The molecule has 0 aliphatic carbocycles. The topological polar surface area (TPSA) is 52.6 Å². The summed E-state index contributed by atoms with van der Waals surface area (Å²) in [5, 5.41) is 12.6. The molecule has 1 amide bonds. The number of amides is 1. The molecule has 0 bridgehead atoms. The molecule has 0 aromatic rings. The van der Waals surface area contributed by atoms with Crippen molar-refractivity contribution in [2.45, 2.75) is 31.5 Å². The van der Waals surface area contributed by atoms with Crippen LogP contribution in [0.5, 0.6) is 0 Å². The maximum atomic E-state index is 12.7. The molecule has 0 spiro atoms. The Kier molecular flexibility index (Phi) is 4.44. The molecular weight excluding hydrogens is 285 g/mol. The summed E-state index contributed by atoms with van der Waals surface area (Å²) in [5.74, 6) is -0.298. The molecule has 2 saturated heterocycles. The van der Waals surface area contributed by atoms with Crippen molar-refractivity contribution in [1.82, 2.24) is 10.2 Å². The van der Waals surface area contributed by atoms with Crippen LogP contribution in [-0.4, -0.2) is 53.9 Å². The minimum absolute atomic E-state index is 0. The number of rotatable bonds is 1. The predicted molar refractivity (Wildman–Crippen MR) is 65.0 cm³/mol. The highest BCUT2D eigenvalue weighted by Gasteiger charge is 2.58. The molecule has 2 heterocycles. The Morgan fingerprint density at radius 2 is 2.00 bits per heavy atom. The number of likely N-dealkylation sites (tertiary alicyclic amines) is 1. The number of carbonyl (C=O) groups is 1. The van der Waals surface area contributed by atoms with Crippen molar-refractivity contribution in [3.05, 3.63) is 0 Å². The molecule has 0 saturated carbocycles. The molecule has 0 radical (unpaired) electrons. The average molecular weight is 303 g/mol. The predicted octanol–water partition coefficient (Wildman–Crippen LogP) is 0.933. The number of β-amino-alcohol motifs (C(OH)–C–C–N with tert-alkyl or cyclic N) is 1. The van der Waals surface area contributed by atoms with E-state index in [9.17, 15) is 23.1 Å². The Bertz CT molecular complexity index is 358. The number of nitrogens with zero attached hydrogens (tertiary/aromatic N) is 1. The molecule has 2 fully saturated rings. The van der Waals surface area contributed by atoms with Gasteiger partial charge in [0.25, 0.3) is 0 Å². The summed E-state index contributed by atoms with van der Waals surface area (Å²) in [6.45, 7) is 2.24. The Morgan fingerprint density at radius 1 is 1.37 bits per heavy atom. The lowest BCUT2D eigenvalue weighted by molar-refractivity contribution is -0.253. The van der Waals surface area contributed by atoms with Crippen LogP contribution in [0.15, 0.2) is 0 Å². The quantitative estimate of drug-likeness (QED) is 0.758. The van der Waals surface area contributed by atoms with Gasteiger partial charge < -0.3 is 15.3 Å².